The molecule has 0 bridgehead atoms. The largest absolute Gasteiger partial charge is 0.481 e. The topological polar surface area (TPSA) is 92.6 Å². The number of hydrogen-bond acceptors (Lipinski definition) is 8. The number of nitrogens with zero attached hydrogens (tertiary/aromatic N) is 3. The van der Waals surface area contributed by atoms with Crippen molar-refractivity contribution in [3.63, 3.8) is 0 Å². The van der Waals surface area contributed by atoms with E-state index in [1.807, 2.05) is 49.4 Å². The van der Waals surface area contributed by atoms with Crippen LogP contribution in [0.25, 0.3) is 5.70 Å². The van der Waals surface area contributed by atoms with E-state index in [-0.39, 0.29) is 19.1 Å². The van der Waals surface area contributed by atoms with Crippen LogP contribution in [-0.2, 0) is 14.3 Å². The second-order valence-corrected chi connectivity index (χ2v) is 7.89. The van der Waals surface area contributed by atoms with Crippen molar-refractivity contribution in [1.29, 1.82) is 0 Å². The molecule has 2 aliphatic rings. The number of carbonyl (C=O) groups excluding carboxylic acids is 2. The number of amidine groups is 1. The Kier molecular flexibility index (Phi) is 6.22. The van der Waals surface area contributed by atoms with E-state index < -0.39 is 12.1 Å². The number of benzene rings is 2. The minimum absolute atomic E-state index is 0.217. The van der Waals surface area contributed by atoms with Crippen LogP contribution in [0.2, 0.25) is 0 Å². The molecule has 0 aliphatic carbocycles. The van der Waals surface area contributed by atoms with E-state index in [4.69, 9.17) is 14.5 Å². The van der Waals surface area contributed by atoms with Crippen LogP contribution >= 0.6 is 11.8 Å². The van der Waals surface area contributed by atoms with Gasteiger partial charge in [0.05, 0.1) is 12.0 Å². The molecule has 2 aromatic rings. The van der Waals surface area contributed by atoms with Gasteiger partial charge in [-0.25, -0.2) is 9.80 Å². The summed E-state index contributed by atoms with van der Waals surface area (Å²) >= 11 is 1.44. The summed E-state index contributed by atoms with van der Waals surface area (Å²) in [4.78, 5) is 29.7. The Balaban J connectivity index is 1.80. The molecule has 8 nitrogen and oxygen atoms in total. The number of fused-ring (bicyclic) bond motifs is 2. The van der Waals surface area contributed by atoms with Crippen LogP contribution in [0.1, 0.15) is 25.6 Å². The Bertz CT molecular complexity index is 1160. The molecule has 9 heteroatoms. The Morgan fingerprint density at radius 3 is 2.74 bits per heavy atom. The maximum absolute atomic E-state index is 13.0. The van der Waals surface area contributed by atoms with Crippen molar-refractivity contribution in [2.24, 2.45) is 10.1 Å². The van der Waals surface area contributed by atoms with Gasteiger partial charge in [0.1, 0.15) is 11.4 Å². The van der Waals surface area contributed by atoms with Gasteiger partial charge in [-0.1, -0.05) is 55.1 Å². The summed E-state index contributed by atoms with van der Waals surface area (Å²) in [5.74, 6) is 0.560. The molecule has 2 heterocycles. The highest BCUT2D eigenvalue weighted by atomic mass is 32.2. The number of amides is 1. The average Bonchev–Trinajstić information content (AvgIpc) is 2.77. The minimum atomic E-state index is -0.623. The van der Waals surface area contributed by atoms with Gasteiger partial charge in [0, 0.05) is 10.8 Å². The van der Waals surface area contributed by atoms with E-state index in [1.165, 1.54) is 11.8 Å². The van der Waals surface area contributed by atoms with Crippen LogP contribution in [0.15, 0.2) is 58.6 Å². The maximum Gasteiger partial charge on any atom is 0.344 e. The summed E-state index contributed by atoms with van der Waals surface area (Å²) in [7, 11) is 0. The van der Waals surface area contributed by atoms with E-state index >= 15 is 0 Å². The fourth-order valence-corrected chi connectivity index (χ4v) is 3.98. The summed E-state index contributed by atoms with van der Waals surface area (Å²) in [6, 6.07) is 14.8. The van der Waals surface area contributed by atoms with Crippen LogP contribution in [0, 0.1) is 0 Å². The second-order valence-electron chi connectivity index (χ2n) is 6.64. The van der Waals surface area contributed by atoms with E-state index in [2.05, 4.69) is 10.4 Å². The molecular formula is C22H22N4O4S. The number of rotatable bonds is 6. The van der Waals surface area contributed by atoms with Crippen molar-refractivity contribution in [2.45, 2.75) is 20.0 Å². The molecule has 2 aliphatic heterocycles. The molecule has 0 unspecified atom stereocenters. The van der Waals surface area contributed by atoms with Gasteiger partial charge < -0.3 is 9.47 Å². The molecule has 0 spiro atoms. The maximum atomic E-state index is 13.0. The Morgan fingerprint density at radius 1 is 1.16 bits per heavy atom. The Labute approximate surface area is 183 Å². The van der Waals surface area contributed by atoms with Crippen molar-refractivity contribution >= 4 is 34.5 Å². The van der Waals surface area contributed by atoms with E-state index in [1.54, 1.807) is 18.0 Å². The molecule has 4 rings (SSSR count). The first-order valence-corrected chi connectivity index (χ1v) is 11.0. The molecule has 1 N–H and O–H groups in total. The first-order valence-electron chi connectivity index (χ1n) is 9.99. The number of esters is 1. The Morgan fingerprint density at radius 2 is 1.94 bits per heavy atom. The highest BCUT2D eigenvalue weighted by Crippen LogP contribution is 2.35. The molecule has 0 saturated heterocycles. The lowest BCUT2D eigenvalue weighted by atomic mass is 10.1. The lowest BCUT2D eigenvalue weighted by Crippen LogP contribution is -2.50. The van der Waals surface area contributed by atoms with Gasteiger partial charge in [0.25, 0.3) is 5.91 Å². The molecule has 0 saturated carbocycles. The lowest BCUT2D eigenvalue weighted by Gasteiger charge is -2.34. The molecule has 160 valence electrons. The minimum Gasteiger partial charge on any atom is -0.481 e. The molecule has 0 fully saturated rings. The Hall–Kier alpha value is -3.33. The third kappa shape index (κ3) is 4.27. The third-order valence-corrected chi connectivity index (χ3v) is 5.39. The van der Waals surface area contributed by atoms with Crippen molar-refractivity contribution < 1.29 is 19.1 Å². The lowest BCUT2D eigenvalue weighted by molar-refractivity contribution is -0.145. The molecule has 31 heavy (non-hydrogen) atoms. The highest BCUT2D eigenvalue weighted by molar-refractivity contribution is 8.13. The smallest absolute Gasteiger partial charge is 0.344 e. The summed E-state index contributed by atoms with van der Waals surface area (Å²) in [6.45, 7) is 3.80. The molecule has 1 amide bonds. The normalized spacial score (nSPS) is 17.0. The standard InChI is InChI=1S/C22H22N4O4S/c1-3-29-18(27)13-30-17-12-8-6-10-15(17)20-23-16-11-7-5-9-14(16)19-21(28)24-22(31-4-2)25-26(19)20/h5-12,20H,3-4,13H2,1-2H3,(H,24,25,28)/t20-/m1/s1. The van der Waals surface area contributed by atoms with Gasteiger partial charge in [-0.3, -0.25) is 15.1 Å². The SMILES string of the molecule is CCOC(=O)COc1ccccc1[C@@H]1N=c2ccccc2=C2C(=O)NC(SCC)=NN21. The van der Waals surface area contributed by atoms with Crippen LogP contribution < -0.4 is 20.6 Å². The zero-order chi connectivity index (χ0) is 21.8. The van der Waals surface area contributed by atoms with Crippen molar-refractivity contribution in [3.8, 4) is 5.75 Å². The summed E-state index contributed by atoms with van der Waals surface area (Å²) < 4.78 is 10.7. The predicted molar refractivity (Wildman–Crippen MR) is 117 cm³/mol. The summed E-state index contributed by atoms with van der Waals surface area (Å²) in [5.41, 5.74) is 1.12. The summed E-state index contributed by atoms with van der Waals surface area (Å²) in [6.07, 6.45) is -0.623. The number of thioether (sulfide) groups is 1. The quantitative estimate of drug-likeness (QED) is 0.688. The van der Waals surface area contributed by atoms with E-state index in [9.17, 15) is 9.59 Å². The van der Waals surface area contributed by atoms with Gasteiger partial charge in [-0.15, -0.1) is 5.10 Å². The number of carbonyl (C=O) groups is 2. The third-order valence-electron chi connectivity index (χ3n) is 4.64. The fourth-order valence-electron chi connectivity index (χ4n) is 3.40. The van der Waals surface area contributed by atoms with Crippen LogP contribution in [0.5, 0.6) is 5.75 Å². The molecule has 0 aromatic heterocycles. The average molecular weight is 439 g/mol. The number of nitrogens with one attached hydrogen (secondary N) is 1. The van der Waals surface area contributed by atoms with Gasteiger partial charge in [0.15, 0.2) is 17.9 Å². The number of hydrazone groups is 1. The second kappa shape index (κ2) is 9.22. The highest BCUT2D eigenvalue weighted by Gasteiger charge is 2.35. The van der Waals surface area contributed by atoms with Gasteiger partial charge in [-0.2, -0.15) is 0 Å². The first-order chi connectivity index (χ1) is 15.1. The molecule has 0 radical (unpaired) electrons. The predicted octanol–water partition coefficient (Wildman–Crippen LogP) is 1.52. The van der Waals surface area contributed by atoms with Crippen molar-refractivity contribution in [3.05, 3.63) is 64.7 Å². The first kappa shape index (κ1) is 20.9. The zero-order valence-electron chi connectivity index (χ0n) is 17.2. The molecule has 2 aromatic carbocycles. The zero-order valence-corrected chi connectivity index (χ0v) is 18.0. The van der Waals surface area contributed by atoms with Crippen LogP contribution in [-0.4, -0.2) is 41.0 Å². The van der Waals surface area contributed by atoms with E-state index in [0.29, 0.717) is 32.8 Å². The number of para-hydroxylation sites is 2. The van der Waals surface area contributed by atoms with Crippen molar-refractivity contribution in [2.75, 3.05) is 19.0 Å². The molecular weight excluding hydrogens is 416 g/mol. The number of ether oxygens (including phenoxy) is 2. The van der Waals surface area contributed by atoms with Crippen LogP contribution in [0.4, 0.5) is 0 Å². The monoisotopic (exact) mass is 438 g/mol. The summed E-state index contributed by atoms with van der Waals surface area (Å²) in [5, 5.41) is 11.1. The molecule has 1 atom stereocenters. The van der Waals surface area contributed by atoms with E-state index in [0.717, 1.165) is 5.75 Å². The van der Waals surface area contributed by atoms with Gasteiger partial charge in [-0.05, 0) is 24.8 Å². The van der Waals surface area contributed by atoms with Gasteiger partial charge >= 0.3 is 5.97 Å². The van der Waals surface area contributed by atoms with Gasteiger partial charge in [0.2, 0.25) is 0 Å². The fraction of sp³-hybridized carbons (Fsp3) is 0.273. The number of hydrogen-bond donors (Lipinski definition) is 1. The van der Waals surface area contributed by atoms with Crippen molar-refractivity contribution in [1.82, 2.24) is 10.3 Å². The van der Waals surface area contributed by atoms with Crippen LogP contribution in [0.3, 0.4) is 0 Å².